The van der Waals surface area contributed by atoms with Crippen molar-refractivity contribution in [2.24, 2.45) is 0 Å². The van der Waals surface area contributed by atoms with Crippen LogP contribution in [0.25, 0.3) is 11.5 Å². The van der Waals surface area contributed by atoms with Crippen molar-refractivity contribution in [2.75, 3.05) is 32.5 Å². The van der Waals surface area contributed by atoms with Gasteiger partial charge in [0, 0.05) is 37.2 Å². The molecule has 0 atom stereocenters. The van der Waals surface area contributed by atoms with Gasteiger partial charge in [0.2, 0.25) is 5.95 Å². The van der Waals surface area contributed by atoms with Crippen molar-refractivity contribution in [3.8, 4) is 5.95 Å². The van der Waals surface area contributed by atoms with Gasteiger partial charge < -0.3 is 15.1 Å². The van der Waals surface area contributed by atoms with Crippen molar-refractivity contribution in [1.82, 2.24) is 28.7 Å². The third kappa shape index (κ3) is 4.38. The summed E-state index contributed by atoms with van der Waals surface area (Å²) in [7, 11) is 4.17. The molecule has 1 fully saturated rings. The van der Waals surface area contributed by atoms with Gasteiger partial charge in [-0.3, -0.25) is 13.8 Å². The number of imidazole rings is 2. The number of benzene rings is 1. The second-order valence-corrected chi connectivity index (χ2v) is 8.83. The van der Waals surface area contributed by atoms with Gasteiger partial charge >= 0.3 is 0 Å². The van der Waals surface area contributed by atoms with E-state index in [1.165, 1.54) is 12.1 Å². The minimum Gasteiger partial charge on any atom is -0.379 e. The molecule has 1 amide bonds. The smallest absolute Gasteiger partial charge is 0.274 e. The number of aromatic nitrogens is 4. The number of anilines is 1. The number of amides is 1. The number of nitrogens with one attached hydrogen (secondary N) is 1. The second kappa shape index (κ2) is 9.26. The molecule has 0 saturated carbocycles. The maximum Gasteiger partial charge on any atom is 0.274 e. The third-order valence-electron chi connectivity index (χ3n) is 6.42. The van der Waals surface area contributed by atoms with Crippen LogP contribution in [0, 0.1) is 5.82 Å². The van der Waals surface area contributed by atoms with Crippen molar-refractivity contribution in [3.05, 3.63) is 78.4 Å². The van der Waals surface area contributed by atoms with Crippen LogP contribution in [0.1, 0.15) is 29.0 Å². The fourth-order valence-electron chi connectivity index (χ4n) is 4.44. The number of fused-ring (bicyclic) bond motifs is 1. The predicted octanol–water partition coefficient (Wildman–Crippen LogP) is 3.44. The van der Waals surface area contributed by atoms with Crippen LogP contribution in [-0.4, -0.2) is 67.9 Å². The highest BCUT2D eigenvalue weighted by molar-refractivity contribution is 5.92. The van der Waals surface area contributed by atoms with Gasteiger partial charge in [0.05, 0.1) is 17.8 Å². The van der Waals surface area contributed by atoms with Crippen molar-refractivity contribution in [2.45, 2.75) is 25.4 Å². The van der Waals surface area contributed by atoms with Crippen molar-refractivity contribution in [3.63, 3.8) is 0 Å². The summed E-state index contributed by atoms with van der Waals surface area (Å²) in [6, 6.07) is 12.6. The number of hydrogen-bond donors (Lipinski definition) is 1. The van der Waals surface area contributed by atoms with Crippen LogP contribution in [0.5, 0.6) is 0 Å². The first-order valence-electron chi connectivity index (χ1n) is 11.4. The lowest BCUT2D eigenvalue weighted by atomic mass is 10.0. The zero-order valence-corrected chi connectivity index (χ0v) is 19.4. The third-order valence-corrected chi connectivity index (χ3v) is 6.42. The zero-order valence-electron chi connectivity index (χ0n) is 19.4. The highest BCUT2D eigenvalue weighted by atomic mass is 19.1. The molecule has 1 aliphatic rings. The van der Waals surface area contributed by atoms with Gasteiger partial charge in [0.25, 0.3) is 5.91 Å². The first-order valence-corrected chi connectivity index (χ1v) is 11.4. The molecule has 176 valence electrons. The summed E-state index contributed by atoms with van der Waals surface area (Å²) in [4.78, 5) is 26.4. The van der Waals surface area contributed by atoms with Gasteiger partial charge in [0.15, 0.2) is 0 Å². The van der Waals surface area contributed by atoms with Gasteiger partial charge in [0.1, 0.15) is 17.8 Å². The Bertz CT molecular complexity index is 1290. The molecule has 0 bridgehead atoms. The number of piperidine rings is 1. The van der Waals surface area contributed by atoms with E-state index in [1.54, 1.807) is 29.2 Å². The Balaban J connectivity index is 1.36. The summed E-state index contributed by atoms with van der Waals surface area (Å²) < 4.78 is 17.0. The number of likely N-dealkylation sites (tertiary alicyclic amines) is 1. The van der Waals surface area contributed by atoms with E-state index in [9.17, 15) is 9.18 Å². The fraction of sp³-hybridized carbons (Fsp3) is 0.320. The van der Waals surface area contributed by atoms with Crippen molar-refractivity contribution in [1.29, 1.82) is 0 Å². The molecule has 1 aromatic carbocycles. The number of halogens is 1. The molecule has 0 aliphatic carbocycles. The lowest BCUT2D eigenvalue weighted by molar-refractivity contribution is 0.0658. The van der Waals surface area contributed by atoms with Crippen LogP contribution in [0.2, 0.25) is 0 Å². The van der Waals surface area contributed by atoms with E-state index in [0.29, 0.717) is 24.2 Å². The zero-order chi connectivity index (χ0) is 23.7. The van der Waals surface area contributed by atoms with Crippen LogP contribution in [0.3, 0.4) is 0 Å². The summed E-state index contributed by atoms with van der Waals surface area (Å²) in [6.07, 6.45) is 7.26. The van der Waals surface area contributed by atoms with E-state index in [0.717, 1.165) is 42.8 Å². The average molecular weight is 462 g/mol. The summed E-state index contributed by atoms with van der Waals surface area (Å²) in [5.41, 5.74) is 3.02. The molecule has 4 aromatic rings. The number of nitrogens with zero attached hydrogens (tertiary/aromatic N) is 6. The number of carbonyl (C=O) groups excluding carboxylic acids is 1. The maximum atomic E-state index is 13.2. The molecule has 4 heterocycles. The van der Waals surface area contributed by atoms with E-state index in [4.69, 9.17) is 4.98 Å². The molecular formula is C25H28FN7O. The van der Waals surface area contributed by atoms with Crippen LogP contribution in [-0.2, 0) is 6.54 Å². The molecule has 8 nitrogen and oxygen atoms in total. The molecule has 0 spiro atoms. The Morgan fingerprint density at radius 1 is 1.15 bits per heavy atom. The molecule has 0 radical (unpaired) electrons. The van der Waals surface area contributed by atoms with Gasteiger partial charge in [-0.25, -0.2) is 14.4 Å². The first kappa shape index (κ1) is 22.1. The van der Waals surface area contributed by atoms with Crippen LogP contribution < -0.4 is 5.32 Å². The maximum absolute atomic E-state index is 13.2. The normalized spacial score (nSPS) is 14.8. The number of hydrogen-bond acceptors (Lipinski definition) is 5. The van der Waals surface area contributed by atoms with Crippen molar-refractivity contribution < 1.29 is 9.18 Å². The number of carbonyl (C=O) groups is 1. The van der Waals surface area contributed by atoms with Gasteiger partial charge in [-0.05, 0) is 63.3 Å². The molecule has 9 heteroatoms. The molecule has 5 rings (SSSR count). The SMILES string of the molecule is CN(C)C1CCN(C(=O)c2cn(-c3nc(CNc4ccc(F)cc4)c4ccccn34)cn2)CC1. The molecule has 34 heavy (non-hydrogen) atoms. The minimum atomic E-state index is -0.271. The van der Waals surface area contributed by atoms with E-state index < -0.39 is 0 Å². The van der Waals surface area contributed by atoms with E-state index >= 15 is 0 Å². The summed E-state index contributed by atoms with van der Waals surface area (Å²) in [5, 5.41) is 3.29. The minimum absolute atomic E-state index is 0.0463. The van der Waals surface area contributed by atoms with Crippen LogP contribution in [0.4, 0.5) is 10.1 Å². The highest BCUT2D eigenvalue weighted by Crippen LogP contribution is 2.20. The summed E-state index contributed by atoms with van der Waals surface area (Å²) >= 11 is 0. The summed E-state index contributed by atoms with van der Waals surface area (Å²) in [6.45, 7) is 1.94. The van der Waals surface area contributed by atoms with E-state index in [2.05, 4.69) is 29.3 Å². The first-order chi connectivity index (χ1) is 16.5. The Morgan fingerprint density at radius 3 is 2.65 bits per heavy atom. The van der Waals surface area contributed by atoms with E-state index in [-0.39, 0.29) is 11.7 Å². The molecular weight excluding hydrogens is 433 g/mol. The Labute approximate surface area is 197 Å². The van der Waals surface area contributed by atoms with Gasteiger partial charge in [-0.1, -0.05) is 6.07 Å². The van der Waals surface area contributed by atoms with E-state index in [1.807, 2.05) is 33.7 Å². The predicted molar refractivity (Wildman–Crippen MR) is 129 cm³/mol. The Hall–Kier alpha value is -3.72. The quantitative estimate of drug-likeness (QED) is 0.476. The lowest BCUT2D eigenvalue weighted by Crippen LogP contribution is -2.44. The van der Waals surface area contributed by atoms with Crippen LogP contribution >= 0.6 is 0 Å². The Morgan fingerprint density at radius 2 is 1.91 bits per heavy atom. The van der Waals surface area contributed by atoms with Gasteiger partial charge in [-0.15, -0.1) is 0 Å². The lowest BCUT2D eigenvalue weighted by Gasteiger charge is -2.34. The number of rotatable bonds is 6. The average Bonchev–Trinajstić information content (AvgIpc) is 3.48. The number of pyridine rings is 1. The monoisotopic (exact) mass is 461 g/mol. The fourth-order valence-corrected chi connectivity index (χ4v) is 4.44. The summed E-state index contributed by atoms with van der Waals surface area (Å²) in [5.74, 6) is 0.340. The largest absolute Gasteiger partial charge is 0.379 e. The molecule has 1 N–H and O–H groups in total. The molecule has 0 unspecified atom stereocenters. The Kier molecular flexibility index (Phi) is 6.02. The van der Waals surface area contributed by atoms with Crippen molar-refractivity contribution >= 4 is 17.1 Å². The molecule has 1 aliphatic heterocycles. The molecule has 3 aromatic heterocycles. The topological polar surface area (TPSA) is 70.7 Å². The molecule has 1 saturated heterocycles. The standard InChI is InChI=1S/C25H28FN7O/c1-30(2)20-10-13-31(14-11-20)24(34)22-16-32(17-28-22)25-29-21(23-5-3-4-12-33(23)25)15-27-19-8-6-18(26)7-9-19/h3-9,12,16-17,20,27H,10-11,13-15H2,1-2H3. The second-order valence-electron chi connectivity index (χ2n) is 8.83. The van der Waals surface area contributed by atoms with Gasteiger partial charge in [-0.2, -0.15) is 0 Å². The highest BCUT2D eigenvalue weighted by Gasteiger charge is 2.26. The van der Waals surface area contributed by atoms with Crippen LogP contribution in [0.15, 0.2) is 61.2 Å².